The number of carbonyl (C=O) groups is 1. The smallest absolute Gasteiger partial charge is 0.230 e. The Morgan fingerprint density at radius 3 is 2.83 bits per heavy atom. The van der Waals surface area contributed by atoms with Crippen LogP contribution in [0.15, 0.2) is 28.0 Å². The van der Waals surface area contributed by atoms with Gasteiger partial charge in [0.2, 0.25) is 11.9 Å². The summed E-state index contributed by atoms with van der Waals surface area (Å²) in [5.74, 6) is 2.59. The van der Waals surface area contributed by atoms with E-state index in [0.717, 1.165) is 55.8 Å². The molecular weight excluding hydrogens is 402 g/mol. The zero-order valence-electron chi connectivity index (χ0n) is 18.0. The van der Waals surface area contributed by atoms with Gasteiger partial charge in [0.05, 0.1) is 25.2 Å². The second-order valence-electron chi connectivity index (χ2n) is 7.93. The van der Waals surface area contributed by atoms with Crippen molar-refractivity contribution in [3.8, 4) is 0 Å². The molecule has 0 saturated carbocycles. The molecule has 0 aromatic carbocycles. The number of amides is 1. The van der Waals surface area contributed by atoms with Crippen LogP contribution in [0.5, 0.6) is 0 Å². The second kappa shape index (κ2) is 12.0. The highest BCUT2D eigenvalue weighted by Crippen LogP contribution is 2.25. The van der Waals surface area contributed by atoms with Gasteiger partial charge in [-0.1, -0.05) is 25.6 Å². The number of anilines is 1. The van der Waals surface area contributed by atoms with Gasteiger partial charge in [-0.2, -0.15) is 0 Å². The lowest BCUT2D eigenvalue weighted by molar-refractivity contribution is -0.118. The molecule has 0 aliphatic carbocycles. The average molecular weight is 436 g/mol. The topological polar surface area (TPSA) is 85.4 Å². The van der Waals surface area contributed by atoms with Crippen molar-refractivity contribution >= 4 is 23.6 Å². The molecule has 0 unspecified atom stereocenters. The minimum absolute atomic E-state index is 0.0282. The number of aromatic nitrogens is 3. The molecule has 1 aliphatic heterocycles. The molecule has 8 nitrogen and oxygen atoms in total. The van der Waals surface area contributed by atoms with Crippen LogP contribution < -0.4 is 10.2 Å². The third-order valence-electron chi connectivity index (χ3n) is 4.97. The largest absolute Gasteiger partial charge is 0.467 e. The van der Waals surface area contributed by atoms with Gasteiger partial charge in [-0.3, -0.25) is 9.36 Å². The monoisotopic (exact) mass is 435 g/mol. The van der Waals surface area contributed by atoms with Crippen molar-refractivity contribution in [3.05, 3.63) is 24.2 Å². The molecule has 1 N–H and O–H groups in total. The molecule has 3 rings (SSSR count). The first-order chi connectivity index (χ1) is 14.6. The zero-order valence-corrected chi connectivity index (χ0v) is 18.8. The van der Waals surface area contributed by atoms with Crippen LogP contribution in [0.3, 0.4) is 0 Å². The first-order valence-electron chi connectivity index (χ1n) is 10.8. The molecular formula is C21H33N5O3S. The summed E-state index contributed by atoms with van der Waals surface area (Å²) in [5.41, 5.74) is 0. The highest BCUT2D eigenvalue weighted by Gasteiger charge is 2.21. The third kappa shape index (κ3) is 7.05. The number of nitrogens with zero attached hydrogens (tertiary/aromatic N) is 4. The highest BCUT2D eigenvalue weighted by atomic mass is 32.2. The first-order valence-corrected chi connectivity index (χ1v) is 11.8. The standard InChI is InChI=1S/C21H33N5O3S/c1-17(2)8-13-28-14-9-22-19(27)16-30-21-24-23-20(25-10-4-3-5-11-25)26(21)15-18-7-6-12-29-18/h6-7,12,17H,3-5,8-11,13-16H2,1-2H3,(H,22,27). The van der Waals surface area contributed by atoms with Gasteiger partial charge in [0.1, 0.15) is 5.76 Å². The molecule has 1 aliphatic rings. The molecule has 2 aromatic heterocycles. The summed E-state index contributed by atoms with van der Waals surface area (Å²) in [6.45, 7) is 8.66. The number of thioether (sulfide) groups is 1. The number of hydrogen-bond acceptors (Lipinski definition) is 7. The van der Waals surface area contributed by atoms with Crippen LogP contribution in [0, 0.1) is 5.92 Å². The van der Waals surface area contributed by atoms with Crippen LogP contribution in [0.25, 0.3) is 0 Å². The number of hydrogen-bond donors (Lipinski definition) is 1. The fourth-order valence-electron chi connectivity index (χ4n) is 3.28. The van der Waals surface area contributed by atoms with E-state index in [4.69, 9.17) is 9.15 Å². The van der Waals surface area contributed by atoms with Crippen molar-refractivity contribution in [1.82, 2.24) is 20.1 Å². The lowest BCUT2D eigenvalue weighted by Crippen LogP contribution is -2.32. The van der Waals surface area contributed by atoms with Crippen molar-refractivity contribution in [1.29, 1.82) is 0 Å². The van der Waals surface area contributed by atoms with Gasteiger partial charge in [-0.15, -0.1) is 10.2 Å². The summed E-state index contributed by atoms with van der Waals surface area (Å²) in [4.78, 5) is 14.5. The Morgan fingerprint density at radius 2 is 2.10 bits per heavy atom. The van der Waals surface area contributed by atoms with E-state index in [-0.39, 0.29) is 5.91 Å². The summed E-state index contributed by atoms with van der Waals surface area (Å²) in [6, 6.07) is 3.82. The third-order valence-corrected chi connectivity index (χ3v) is 5.94. The molecule has 1 saturated heterocycles. The van der Waals surface area contributed by atoms with E-state index < -0.39 is 0 Å². The molecule has 0 radical (unpaired) electrons. The van der Waals surface area contributed by atoms with E-state index in [1.165, 1.54) is 18.2 Å². The number of ether oxygens (including phenoxy) is 1. The molecule has 9 heteroatoms. The van der Waals surface area contributed by atoms with Gasteiger partial charge < -0.3 is 19.4 Å². The van der Waals surface area contributed by atoms with Crippen LogP contribution in [-0.4, -0.2) is 59.3 Å². The van der Waals surface area contributed by atoms with E-state index in [2.05, 4.69) is 38.8 Å². The van der Waals surface area contributed by atoms with Crippen molar-refractivity contribution in [3.63, 3.8) is 0 Å². The second-order valence-corrected chi connectivity index (χ2v) is 8.87. The SMILES string of the molecule is CC(C)CCOCCNC(=O)CSc1nnc(N2CCCCC2)n1Cc1ccco1. The molecule has 1 fully saturated rings. The van der Waals surface area contributed by atoms with Gasteiger partial charge >= 0.3 is 0 Å². The fourth-order valence-corrected chi connectivity index (χ4v) is 4.04. The Hall–Kier alpha value is -2.00. The predicted molar refractivity (Wildman–Crippen MR) is 118 cm³/mol. The van der Waals surface area contributed by atoms with Crippen LogP contribution in [-0.2, 0) is 16.1 Å². The summed E-state index contributed by atoms with van der Waals surface area (Å²) in [5, 5.41) is 12.4. The molecule has 30 heavy (non-hydrogen) atoms. The quantitative estimate of drug-likeness (QED) is 0.405. The maximum Gasteiger partial charge on any atom is 0.230 e. The zero-order chi connectivity index (χ0) is 21.2. The van der Waals surface area contributed by atoms with E-state index in [1.54, 1.807) is 6.26 Å². The molecule has 0 atom stereocenters. The van der Waals surface area contributed by atoms with E-state index >= 15 is 0 Å². The molecule has 1 amide bonds. The Morgan fingerprint density at radius 1 is 1.27 bits per heavy atom. The first kappa shape index (κ1) is 22.7. The molecule has 3 heterocycles. The summed E-state index contributed by atoms with van der Waals surface area (Å²) < 4.78 is 13.1. The van der Waals surface area contributed by atoms with Crippen molar-refractivity contribution in [2.24, 2.45) is 5.92 Å². The number of carbonyl (C=O) groups excluding carboxylic acids is 1. The molecule has 0 spiro atoms. The summed E-state index contributed by atoms with van der Waals surface area (Å²) in [6.07, 6.45) is 6.29. The van der Waals surface area contributed by atoms with E-state index in [9.17, 15) is 4.79 Å². The van der Waals surface area contributed by atoms with Gasteiger partial charge in [0.15, 0.2) is 5.16 Å². The van der Waals surface area contributed by atoms with Gasteiger partial charge in [-0.25, -0.2) is 0 Å². The Labute approximate surface area is 182 Å². The van der Waals surface area contributed by atoms with Crippen molar-refractivity contribution in [2.45, 2.75) is 51.2 Å². The van der Waals surface area contributed by atoms with Crippen LogP contribution in [0.4, 0.5) is 5.95 Å². The molecule has 0 bridgehead atoms. The Balaban J connectivity index is 1.52. The molecule has 2 aromatic rings. The van der Waals surface area contributed by atoms with E-state index in [1.807, 2.05) is 12.1 Å². The van der Waals surface area contributed by atoms with Gasteiger partial charge in [0, 0.05) is 26.2 Å². The van der Waals surface area contributed by atoms with Gasteiger partial charge in [0.25, 0.3) is 0 Å². The number of furan rings is 1. The highest BCUT2D eigenvalue weighted by molar-refractivity contribution is 7.99. The minimum Gasteiger partial charge on any atom is -0.467 e. The lowest BCUT2D eigenvalue weighted by atomic mass is 10.1. The summed E-state index contributed by atoms with van der Waals surface area (Å²) in [7, 11) is 0. The number of nitrogens with one attached hydrogen (secondary N) is 1. The number of rotatable bonds is 12. The summed E-state index contributed by atoms with van der Waals surface area (Å²) >= 11 is 1.40. The Bertz CT molecular complexity index is 757. The van der Waals surface area contributed by atoms with E-state index in [0.29, 0.717) is 31.4 Å². The maximum atomic E-state index is 12.2. The van der Waals surface area contributed by atoms with Crippen molar-refractivity contribution in [2.75, 3.05) is 43.5 Å². The predicted octanol–water partition coefficient (Wildman–Crippen LogP) is 3.18. The lowest BCUT2D eigenvalue weighted by Gasteiger charge is -2.27. The fraction of sp³-hybridized carbons (Fsp3) is 0.667. The van der Waals surface area contributed by atoms with Crippen LogP contribution in [0.2, 0.25) is 0 Å². The maximum absolute atomic E-state index is 12.2. The average Bonchev–Trinajstić information content (AvgIpc) is 3.40. The number of piperidine rings is 1. The van der Waals surface area contributed by atoms with Crippen LogP contribution in [0.1, 0.15) is 45.3 Å². The normalized spacial score (nSPS) is 14.4. The van der Waals surface area contributed by atoms with Crippen LogP contribution >= 0.6 is 11.8 Å². The molecule has 166 valence electrons. The van der Waals surface area contributed by atoms with Gasteiger partial charge in [-0.05, 0) is 43.7 Å². The Kier molecular flexibility index (Phi) is 9.07. The van der Waals surface area contributed by atoms with Crippen molar-refractivity contribution < 1.29 is 13.9 Å². The minimum atomic E-state index is -0.0282.